The van der Waals surface area contributed by atoms with Gasteiger partial charge in [0.15, 0.2) is 0 Å². The van der Waals surface area contributed by atoms with E-state index < -0.39 is 0 Å². The minimum absolute atomic E-state index is 0.155. The van der Waals surface area contributed by atoms with Gasteiger partial charge in [-0.15, -0.1) is 0 Å². The molecule has 1 N–H and O–H groups in total. The second-order valence-electron chi connectivity index (χ2n) is 7.19. The number of piperidine rings is 1. The van der Waals surface area contributed by atoms with Gasteiger partial charge in [-0.25, -0.2) is 0 Å². The van der Waals surface area contributed by atoms with Crippen molar-refractivity contribution in [1.29, 1.82) is 0 Å². The molecule has 2 atom stereocenters. The van der Waals surface area contributed by atoms with E-state index in [1.165, 1.54) is 12.8 Å². The van der Waals surface area contributed by atoms with E-state index in [2.05, 4.69) is 11.8 Å². The lowest BCUT2D eigenvalue weighted by Crippen LogP contribution is -2.51. The molecule has 122 valence electrons. The van der Waals surface area contributed by atoms with Crippen molar-refractivity contribution in [2.75, 3.05) is 20.1 Å². The van der Waals surface area contributed by atoms with Gasteiger partial charge in [0.25, 0.3) is 0 Å². The summed E-state index contributed by atoms with van der Waals surface area (Å²) in [5.74, 6) is 1.04. The lowest BCUT2D eigenvalue weighted by molar-refractivity contribution is -0.135. The average Bonchev–Trinajstić information content (AvgIpc) is 2.47. The average molecular weight is 296 g/mol. The van der Waals surface area contributed by atoms with Crippen molar-refractivity contribution in [3.05, 3.63) is 0 Å². The van der Waals surface area contributed by atoms with Crippen LogP contribution in [-0.2, 0) is 4.79 Å². The van der Waals surface area contributed by atoms with Gasteiger partial charge in [0.1, 0.15) is 0 Å². The molecule has 0 spiro atoms. The summed E-state index contributed by atoms with van der Waals surface area (Å²) in [5, 5.41) is 9.91. The van der Waals surface area contributed by atoms with Crippen molar-refractivity contribution in [3.63, 3.8) is 0 Å². The summed E-state index contributed by atoms with van der Waals surface area (Å²) in [6.07, 6.45) is 7.73. The molecule has 0 aromatic heterocycles. The van der Waals surface area contributed by atoms with Crippen LogP contribution in [0, 0.1) is 5.92 Å². The van der Waals surface area contributed by atoms with E-state index in [-0.39, 0.29) is 18.1 Å². The number of hydrogen-bond donors (Lipinski definition) is 1. The zero-order valence-corrected chi connectivity index (χ0v) is 13.9. The van der Waals surface area contributed by atoms with E-state index >= 15 is 0 Å². The molecule has 1 aliphatic heterocycles. The van der Waals surface area contributed by atoms with Crippen molar-refractivity contribution >= 4 is 5.91 Å². The van der Waals surface area contributed by atoms with Crippen LogP contribution in [-0.4, -0.2) is 59.1 Å². The standard InChI is InChI=1S/C17H32N2O2/c1-13-7-9-15(10-8-13)18(3)17(21)12-19-11-5-4-6-16(19)14(2)20/h13-16,20H,4-12H2,1-3H3. The molecule has 0 aromatic carbocycles. The molecule has 1 amide bonds. The smallest absolute Gasteiger partial charge is 0.236 e. The number of amides is 1. The molecule has 2 aliphatic rings. The van der Waals surface area contributed by atoms with E-state index in [1.54, 1.807) is 0 Å². The van der Waals surface area contributed by atoms with Crippen molar-refractivity contribution in [1.82, 2.24) is 9.80 Å². The minimum Gasteiger partial charge on any atom is -0.392 e. The Balaban J connectivity index is 1.87. The molecule has 1 saturated carbocycles. The number of aliphatic hydroxyl groups is 1. The van der Waals surface area contributed by atoms with Gasteiger partial charge in [-0.05, 0) is 57.9 Å². The first-order valence-corrected chi connectivity index (χ1v) is 8.66. The normalized spacial score (nSPS) is 32.7. The van der Waals surface area contributed by atoms with Gasteiger partial charge in [-0.3, -0.25) is 9.69 Å². The summed E-state index contributed by atoms with van der Waals surface area (Å²) in [4.78, 5) is 16.7. The molecule has 2 fully saturated rings. The molecule has 0 bridgehead atoms. The molecule has 2 rings (SSSR count). The first kappa shape index (κ1) is 16.8. The molecule has 1 aliphatic carbocycles. The lowest BCUT2D eigenvalue weighted by Gasteiger charge is -2.39. The first-order valence-electron chi connectivity index (χ1n) is 8.66. The molecule has 1 heterocycles. The number of carbonyl (C=O) groups excluding carboxylic acids is 1. The van der Waals surface area contributed by atoms with Crippen LogP contribution < -0.4 is 0 Å². The number of likely N-dealkylation sites (tertiary alicyclic amines) is 1. The van der Waals surface area contributed by atoms with Crippen LogP contribution in [0.5, 0.6) is 0 Å². The molecule has 0 radical (unpaired) electrons. The largest absolute Gasteiger partial charge is 0.392 e. The molecular weight excluding hydrogens is 264 g/mol. The Morgan fingerprint density at radius 1 is 1.24 bits per heavy atom. The number of likely N-dealkylation sites (N-methyl/N-ethyl adjacent to an activating group) is 1. The van der Waals surface area contributed by atoms with E-state index in [4.69, 9.17) is 0 Å². The summed E-state index contributed by atoms with van der Waals surface area (Å²) in [7, 11) is 1.96. The Labute approximate surface area is 129 Å². The van der Waals surface area contributed by atoms with Crippen molar-refractivity contribution in [2.24, 2.45) is 5.92 Å². The Kier molecular flexibility index (Phi) is 6.06. The maximum Gasteiger partial charge on any atom is 0.236 e. The number of carbonyl (C=O) groups is 1. The Morgan fingerprint density at radius 3 is 2.52 bits per heavy atom. The SMILES string of the molecule is CC1CCC(N(C)C(=O)CN2CCCCC2C(C)O)CC1. The van der Waals surface area contributed by atoms with Gasteiger partial charge in [0.2, 0.25) is 5.91 Å². The maximum absolute atomic E-state index is 12.6. The predicted octanol–water partition coefficient (Wildman–Crippen LogP) is 2.26. The molecule has 4 heteroatoms. The molecule has 4 nitrogen and oxygen atoms in total. The molecule has 21 heavy (non-hydrogen) atoms. The summed E-state index contributed by atoms with van der Waals surface area (Å²) in [6, 6.07) is 0.575. The van der Waals surface area contributed by atoms with Crippen LogP contribution >= 0.6 is 0 Å². The highest BCUT2D eigenvalue weighted by Gasteiger charge is 2.30. The van der Waals surface area contributed by atoms with Gasteiger partial charge in [0, 0.05) is 19.1 Å². The van der Waals surface area contributed by atoms with Gasteiger partial charge < -0.3 is 10.0 Å². The van der Waals surface area contributed by atoms with Gasteiger partial charge in [-0.2, -0.15) is 0 Å². The van der Waals surface area contributed by atoms with Crippen LogP contribution in [0.15, 0.2) is 0 Å². The zero-order chi connectivity index (χ0) is 15.4. The number of rotatable bonds is 4. The van der Waals surface area contributed by atoms with Crippen LogP contribution in [0.4, 0.5) is 0 Å². The quantitative estimate of drug-likeness (QED) is 0.865. The predicted molar refractivity (Wildman–Crippen MR) is 85.1 cm³/mol. The lowest BCUT2D eigenvalue weighted by atomic mass is 9.86. The topological polar surface area (TPSA) is 43.8 Å². The van der Waals surface area contributed by atoms with Crippen molar-refractivity contribution < 1.29 is 9.90 Å². The minimum atomic E-state index is -0.348. The van der Waals surface area contributed by atoms with Crippen molar-refractivity contribution in [2.45, 2.75) is 77.0 Å². The maximum atomic E-state index is 12.6. The fraction of sp³-hybridized carbons (Fsp3) is 0.941. The van der Waals surface area contributed by atoms with Crippen LogP contribution in [0.25, 0.3) is 0 Å². The third-order valence-corrected chi connectivity index (χ3v) is 5.49. The zero-order valence-electron chi connectivity index (χ0n) is 13.9. The Morgan fingerprint density at radius 2 is 1.90 bits per heavy atom. The first-order chi connectivity index (χ1) is 9.99. The molecule has 0 aromatic rings. The van der Waals surface area contributed by atoms with Crippen molar-refractivity contribution in [3.8, 4) is 0 Å². The Bertz CT molecular complexity index is 338. The third kappa shape index (κ3) is 4.43. The fourth-order valence-electron chi connectivity index (χ4n) is 3.88. The highest BCUT2D eigenvalue weighted by molar-refractivity contribution is 5.78. The second kappa shape index (κ2) is 7.59. The monoisotopic (exact) mass is 296 g/mol. The molecule has 1 saturated heterocycles. The molecular formula is C17H32N2O2. The van der Waals surface area contributed by atoms with E-state index in [0.717, 1.165) is 44.6 Å². The summed E-state index contributed by atoms with van der Waals surface area (Å²) < 4.78 is 0. The van der Waals surface area contributed by atoms with Gasteiger partial charge in [-0.1, -0.05) is 13.3 Å². The van der Waals surface area contributed by atoms with E-state index in [9.17, 15) is 9.90 Å². The summed E-state index contributed by atoms with van der Waals surface area (Å²) in [6.45, 7) is 5.56. The van der Waals surface area contributed by atoms with Crippen LogP contribution in [0.2, 0.25) is 0 Å². The van der Waals surface area contributed by atoms with Crippen LogP contribution in [0.3, 0.4) is 0 Å². The molecule has 2 unspecified atom stereocenters. The number of nitrogens with zero attached hydrogens (tertiary/aromatic N) is 2. The summed E-state index contributed by atoms with van der Waals surface area (Å²) in [5.41, 5.74) is 0. The highest BCUT2D eigenvalue weighted by Crippen LogP contribution is 2.27. The van der Waals surface area contributed by atoms with E-state index in [0.29, 0.717) is 12.6 Å². The van der Waals surface area contributed by atoms with Crippen LogP contribution in [0.1, 0.15) is 58.8 Å². The fourth-order valence-corrected chi connectivity index (χ4v) is 3.88. The van der Waals surface area contributed by atoms with E-state index in [1.807, 2.05) is 18.9 Å². The van der Waals surface area contributed by atoms with Gasteiger partial charge >= 0.3 is 0 Å². The summed E-state index contributed by atoms with van der Waals surface area (Å²) >= 11 is 0. The highest BCUT2D eigenvalue weighted by atomic mass is 16.3. The second-order valence-corrected chi connectivity index (χ2v) is 7.19. The van der Waals surface area contributed by atoms with Gasteiger partial charge in [0.05, 0.1) is 12.6 Å². The Hall–Kier alpha value is -0.610. The third-order valence-electron chi connectivity index (χ3n) is 5.49. The number of aliphatic hydroxyl groups excluding tert-OH is 1. The number of hydrogen-bond acceptors (Lipinski definition) is 3.